The Hall–Kier alpha value is -4.91. The molecular weight excluding hydrogens is 553 g/mol. The van der Waals surface area contributed by atoms with Crippen LogP contribution in [-0.2, 0) is 4.65 Å². The van der Waals surface area contributed by atoms with E-state index < -0.39 is 11.2 Å². The van der Waals surface area contributed by atoms with Crippen LogP contribution in [0.3, 0.4) is 0 Å². The van der Waals surface area contributed by atoms with Gasteiger partial charge in [0, 0.05) is 16.7 Å². The van der Waals surface area contributed by atoms with E-state index in [1.165, 1.54) is 0 Å². The highest BCUT2D eigenvalue weighted by Crippen LogP contribution is 2.37. The van der Waals surface area contributed by atoms with Crippen molar-refractivity contribution >= 4 is 12.9 Å². The van der Waals surface area contributed by atoms with Crippen molar-refractivity contribution < 1.29 is 9.76 Å². The molecular formula is C39H36BN3O2. The van der Waals surface area contributed by atoms with Crippen LogP contribution in [0.25, 0.3) is 56.4 Å². The van der Waals surface area contributed by atoms with Gasteiger partial charge in [-0.15, -0.1) is 0 Å². The third kappa shape index (κ3) is 6.63. The van der Waals surface area contributed by atoms with Crippen LogP contribution in [0.1, 0.15) is 27.7 Å². The SMILES string of the molecule is CC(C)(O)C(C)(C)OBc1ccc(-c2ccccc2-c2nc(-c3ccccc3)nc(-c3ccccc3)n2)c(-c2ccccc2)c1. The van der Waals surface area contributed by atoms with E-state index in [-0.39, 0.29) is 0 Å². The van der Waals surface area contributed by atoms with Crippen molar-refractivity contribution in [2.45, 2.75) is 38.9 Å². The molecule has 0 amide bonds. The topological polar surface area (TPSA) is 68.1 Å². The van der Waals surface area contributed by atoms with Crippen LogP contribution in [0, 0.1) is 0 Å². The quantitative estimate of drug-likeness (QED) is 0.175. The van der Waals surface area contributed by atoms with Crippen LogP contribution in [0.4, 0.5) is 0 Å². The first-order valence-electron chi connectivity index (χ1n) is 15.2. The lowest BCUT2D eigenvalue weighted by Gasteiger charge is -2.37. The predicted octanol–water partition coefficient (Wildman–Crippen LogP) is 7.75. The summed E-state index contributed by atoms with van der Waals surface area (Å²) in [5.74, 6) is 1.86. The number of rotatable bonds is 9. The van der Waals surface area contributed by atoms with Gasteiger partial charge in [0.05, 0.1) is 11.2 Å². The van der Waals surface area contributed by atoms with Gasteiger partial charge in [0.25, 0.3) is 0 Å². The summed E-state index contributed by atoms with van der Waals surface area (Å²) in [6.07, 6.45) is 0. The second kappa shape index (κ2) is 12.6. The average molecular weight is 590 g/mol. The van der Waals surface area contributed by atoms with E-state index in [9.17, 15) is 5.11 Å². The van der Waals surface area contributed by atoms with Gasteiger partial charge in [0.15, 0.2) is 17.5 Å². The van der Waals surface area contributed by atoms with E-state index >= 15 is 0 Å². The molecule has 0 aliphatic rings. The molecule has 0 fully saturated rings. The molecule has 1 heterocycles. The minimum Gasteiger partial charge on any atom is -0.427 e. The lowest BCUT2D eigenvalue weighted by atomic mass is 9.80. The van der Waals surface area contributed by atoms with E-state index in [1.54, 1.807) is 13.8 Å². The molecule has 0 unspecified atom stereocenters. The molecule has 222 valence electrons. The molecule has 45 heavy (non-hydrogen) atoms. The molecule has 0 saturated carbocycles. The van der Waals surface area contributed by atoms with Gasteiger partial charge < -0.3 is 9.76 Å². The molecule has 0 aliphatic carbocycles. The fourth-order valence-electron chi connectivity index (χ4n) is 5.05. The van der Waals surface area contributed by atoms with Crippen LogP contribution in [0.5, 0.6) is 0 Å². The maximum atomic E-state index is 10.6. The summed E-state index contributed by atoms with van der Waals surface area (Å²) in [5, 5.41) is 10.6. The zero-order valence-electron chi connectivity index (χ0n) is 26.1. The summed E-state index contributed by atoms with van der Waals surface area (Å²) in [5.41, 5.74) is 6.33. The van der Waals surface area contributed by atoms with Crippen LogP contribution in [0.2, 0.25) is 0 Å². The molecule has 0 atom stereocenters. The second-order valence-electron chi connectivity index (χ2n) is 12.2. The average Bonchev–Trinajstić information content (AvgIpc) is 3.08. The molecule has 0 spiro atoms. The Balaban J connectivity index is 1.49. The highest BCUT2D eigenvalue weighted by Gasteiger charge is 2.35. The monoisotopic (exact) mass is 589 g/mol. The Kier molecular flexibility index (Phi) is 8.44. The molecule has 6 aromatic rings. The Morgan fingerprint density at radius 1 is 0.489 bits per heavy atom. The third-order valence-electron chi connectivity index (χ3n) is 8.40. The first-order valence-corrected chi connectivity index (χ1v) is 15.2. The summed E-state index contributed by atoms with van der Waals surface area (Å²) < 4.78 is 6.24. The first-order chi connectivity index (χ1) is 21.7. The van der Waals surface area contributed by atoms with Gasteiger partial charge in [-0.05, 0) is 49.9 Å². The summed E-state index contributed by atoms with van der Waals surface area (Å²) in [6.45, 7) is 7.38. The lowest BCUT2D eigenvalue weighted by Crippen LogP contribution is -2.49. The number of benzene rings is 5. The van der Waals surface area contributed by atoms with Gasteiger partial charge in [-0.3, -0.25) is 0 Å². The second-order valence-corrected chi connectivity index (χ2v) is 12.2. The van der Waals surface area contributed by atoms with Gasteiger partial charge >= 0.3 is 7.48 Å². The maximum absolute atomic E-state index is 10.6. The van der Waals surface area contributed by atoms with Gasteiger partial charge in [0.2, 0.25) is 0 Å². The number of hydrogen-bond acceptors (Lipinski definition) is 5. The normalized spacial score (nSPS) is 11.8. The minimum absolute atomic E-state index is 0.368. The molecule has 5 nitrogen and oxygen atoms in total. The maximum Gasteiger partial charge on any atom is 0.309 e. The molecule has 0 aliphatic heterocycles. The minimum atomic E-state index is -0.990. The fraction of sp³-hybridized carbons (Fsp3) is 0.154. The molecule has 6 rings (SSSR count). The smallest absolute Gasteiger partial charge is 0.309 e. The summed E-state index contributed by atoms with van der Waals surface area (Å²) in [6, 6.07) is 45.1. The molecule has 0 bridgehead atoms. The molecule has 0 saturated heterocycles. The summed E-state index contributed by atoms with van der Waals surface area (Å²) in [7, 11) is 0.368. The standard InChI is InChI=1S/C39H36BN3O2/c1-38(2,44)39(3,4)45-40-30-24-25-32(34(26-30)27-16-8-5-9-17-27)31-22-14-15-23-33(31)37-42-35(28-18-10-6-11-19-28)41-36(43-37)29-20-12-7-13-21-29/h5-26,40,44H,1-4H3. The third-order valence-corrected chi connectivity index (χ3v) is 8.40. The summed E-state index contributed by atoms with van der Waals surface area (Å²) in [4.78, 5) is 14.9. The number of nitrogens with zero attached hydrogens (tertiary/aromatic N) is 3. The molecule has 6 heteroatoms. The molecule has 1 N–H and O–H groups in total. The van der Waals surface area contributed by atoms with Gasteiger partial charge in [-0.25, -0.2) is 15.0 Å². The van der Waals surface area contributed by atoms with Crippen molar-refractivity contribution in [1.29, 1.82) is 0 Å². The number of hydrogen-bond donors (Lipinski definition) is 1. The Morgan fingerprint density at radius 3 is 1.47 bits per heavy atom. The Bertz CT molecular complexity index is 1850. The van der Waals surface area contributed by atoms with Gasteiger partial charge in [0.1, 0.15) is 0 Å². The van der Waals surface area contributed by atoms with Gasteiger partial charge in [-0.2, -0.15) is 0 Å². The predicted molar refractivity (Wildman–Crippen MR) is 185 cm³/mol. The highest BCUT2D eigenvalue weighted by molar-refractivity contribution is 6.47. The Morgan fingerprint density at radius 2 is 0.933 bits per heavy atom. The number of aromatic nitrogens is 3. The van der Waals surface area contributed by atoms with Crippen molar-refractivity contribution in [3.63, 3.8) is 0 Å². The molecule has 1 aromatic heterocycles. The molecule has 0 radical (unpaired) electrons. The van der Waals surface area contributed by atoms with E-state index in [2.05, 4.69) is 54.6 Å². The van der Waals surface area contributed by atoms with Gasteiger partial charge in [-0.1, -0.05) is 139 Å². The van der Waals surface area contributed by atoms with E-state index in [0.717, 1.165) is 44.4 Å². The van der Waals surface area contributed by atoms with Crippen LogP contribution < -0.4 is 5.46 Å². The van der Waals surface area contributed by atoms with E-state index in [0.29, 0.717) is 25.0 Å². The van der Waals surface area contributed by atoms with Crippen LogP contribution in [-0.4, -0.2) is 38.7 Å². The van der Waals surface area contributed by atoms with Crippen molar-refractivity contribution in [2.24, 2.45) is 0 Å². The summed E-state index contributed by atoms with van der Waals surface area (Å²) >= 11 is 0. The van der Waals surface area contributed by atoms with Crippen LogP contribution in [0.15, 0.2) is 133 Å². The van der Waals surface area contributed by atoms with Crippen LogP contribution >= 0.6 is 0 Å². The van der Waals surface area contributed by atoms with E-state index in [4.69, 9.17) is 19.6 Å². The van der Waals surface area contributed by atoms with Crippen molar-refractivity contribution in [1.82, 2.24) is 15.0 Å². The van der Waals surface area contributed by atoms with Crippen molar-refractivity contribution in [3.8, 4) is 56.4 Å². The van der Waals surface area contributed by atoms with Crippen molar-refractivity contribution in [3.05, 3.63) is 133 Å². The number of aliphatic hydroxyl groups is 1. The van der Waals surface area contributed by atoms with E-state index in [1.807, 2.05) is 92.7 Å². The zero-order chi connectivity index (χ0) is 31.4. The Labute approximate surface area is 265 Å². The zero-order valence-corrected chi connectivity index (χ0v) is 26.1. The van der Waals surface area contributed by atoms with Crippen molar-refractivity contribution in [2.75, 3.05) is 0 Å². The molecule has 5 aromatic carbocycles. The first kappa shape index (κ1) is 30.1. The fourth-order valence-corrected chi connectivity index (χ4v) is 5.05. The largest absolute Gasteiger partial charge is 0.427 e. The lowest BCUT2D eigenvalue weighted by molar-refractivity contribution is -0.0893. The highest BCUT2D eigenvalue weighted by atomic mass is 16.5.